The molecule has 6 heteroatoms. The highest BCUT2D eigenvalue weighted by Crippen LogP contribution is 2.22. The molecule has 0 aromatic carbocycles. The zero-order valence-electron chi connectivity index (χ0n) is 11.1. The van der Waals surface area contributed by atoms with Crippen molar-refractivity contribution in [2.24, 2.45) is 0 Å². The molecule has 0 unspecified atom stereocenters. The molecule has 0 spiro atoms. The van der Waals surface area contributed by atoms with Gasteiger partial charge in [-0.25, -0.2) is 9.78 Å². The first-order valence-corrected chi connectivity index (χ1v) is 6.93. The molecule has 0 bridgehead atoms. The van der Waals surface area contributed by atoms with E-state index in [4.69, 9.17) is 5.11 Å². The molecular formula is C14H14N2O3S. The number of carbonyl (C=O) groups is 2. The van der Waals surface area contributed by atoms with Gasteiger partial charge in [0.25, 0.3) is 5.91 Å². The monoisotopic (exact) mass is 290 g/mol. The van der Waals surface area contributed by atoms with Gasteiger partial charge < -0.3 is 10.4 Å². The number of carboxylic acid groups (broad SMARTS) is 1. The molecular weight excluding hydrogens is 276 g/mol. The lowest BCUT2D eigenvalue weighted by molar-refractivity contribution is 0.0696. The molecule has 2 rings (SSSR count). The van der Waals surface area contributed by atoms with Crippen molar-refractivity contribution in [2.45, 2.75) is 20.3 Å². The molecule has 0 saturated carbocycles. The zero-order valence-corrected chi connectivity index (χ0v) is 12.0. The number of pyridine rings is 1. The summed E-state index contributed by atoms with van der Waals surface area (Å²) in [4.78, 5) is 28.6. The fourth-order valence-corrected chi connectivity index (χ4v) is 2.80. The second-order valence-electron chi connectivity index (χ2n) is 4.23. The van der Waals surface area contributed by atoms with E-state index in [9.17, 15) is 9.59 Å². The summed E-state index contributed by atoms with van der Waals surface area (Å²) in [5.41, 5.74) is 1.24. The number of anilines is 1. The summed E-state index contributed by atoms with van der Waals surface area (Å²) in [6, 6.07) is 4.57. The van der Waals surface area contributed by atoms with Gasteiger partial charge in [0.1, 0.15) is 5.82 Å². The average molecular weight is 290 g/mol. The quantitative estimate of drug-likeness (QED) is 0.907. The van der Waals surface area contributed by atoms with Crippen LogP contribution in [0.15, 0.2) is 24.4 Å². The van der Waals surface area contributed by atoms with E-state index in [1.807, 2.05) is 19.9 Å². The molecule has 1 amide bonds. The second kappa shape index (κ2) is 5.83. The smallest absolute Gasteiger partial charge is 0.335 e. The Balaban J connectivity index is 2.18. The molecule has 2 heterocycles. The highest BCUT2D eigenvalue weighted by Gasteiger charge is 2.13. The van der Waals surface area contributed by atoms with Crippen molar-refractivity contribution in [3.05, 3.63) is 45.3 Å². The van der Waals surface area contributed by atoms with Crippen LogP contribution >= 0.6 is 11.3 Å². The number of thiophene rings is 1. The van der Waals surface area contributed by atoms with Gasteiger partial charge in [-0.2, -0.15) is 0 Å². The molecule has 2 aromatic heterocycles. The number of hydrogen-bond acceptors (Lipinski definition) is 4. The largest absolute Gasteiger partial charge is 0.478 e. The van der Waals surface area contributed by atoms with Gasteiger partial charge in [0.2, 0.25) is 0 Å². The standard InChI is InChI=1S/C14H14N2O3S/c1-3-9-6-11(20-8(9)2)13(17)16-12-7-10(14(18)19)4-5-15-12/h4-7H,3H2,1-2H3,(H,18,19)(H,15,16,17). The van der Waals surface area contributed by atoms with E-state index >= 15 is 0 Å². The van der Waals surface area contributed by atoms with Crippen LogP contribution in [0.1, 0.15) is 37.4 Å². The maximum Gasteiger partial charge on any atom is 0.335 e. The SMILES string of the molecule is CCc1cc(C(=O)Nc2cc(C(=O)O)ccn2)sc1C. The van der Waals surface area contributed by atoms with Gasteiger partial charge in [0.15, 0.2) is 0 Å². The predicted molar refractivity (Wildman–Crippen MR) is 77.6 cm³/mol. The van der Waals surface area contributed by atoms with Crippen LogP contribution in [0.3, 0.4) is 0 Å². The maximum atomic E-state index is 12.1. The van der Waals surface area contributed by atoms with Crippen LogP contribution < -0.4 is 5.32 Å². The number of hydrogen-bond donors (Lipinski definition) is 2. The van der Waals surface area contributed by atoms with Crippen LogP contribution in [0.4, 0.5) is 5.82 Å². The molecule has 0 aliphatic heterocycles. The summed E-state index contributed by atoms with van der Waals surface area (Å²) in [5.74, 6) is -1.09. The van der Waals surface area contributed by atoms with Crippen molar-refractivity contribution in [3.63, 3.8) is 0 Å². The van der Waals surface area contributed by atoms with Gasteiger partial charge in [-0.3, -0.25) is 4.79 Å². The van der Waals surface area contributed by atoms with Gasteiger partial charge in [-0.15, -0.1) is 11.3 Å². The molecule has 0 saturated heterocycles. The number of amides is 1. The van der Waals surface area contributed by atoms with Crippen LogP contribution in [0.2, 0.25) is 0 Å². The van der Waals surface area contributed by atoms with Crippen molar-refractivity contribution < 1.29 is 14.7 Å². The summed E-state index contributed by atoms with van der Waals surface area (Å²) in [5, 5.41) is 11.5. The minimum atomic E-state index is -1.05. The summed E-state index contributed by atoms with van der Waals surface area (Å²) in [6.07, 6.45) is 2.23. The molecule has 5 nitrogen and oxygen atoms in total. The normalized spacial score (nSPS) is 10.3. The minimum Gasteiger partial charge on any atom is -0.478 e. The van der Waals surface area contributed by atoms with Crippen molar-refractivity contribution in [2.75, 3.05) is 5.32 Å². The van der Waals surface area contributed by atoms with Crippen LogP contribution in [-0.2, 0) is 6.42 Å². The Hall–Kier alpha value is -2.21. The lowest BCUT2D eigenvalue weighted by Crippen LogP contribution is -2.12. The van der Waals surface area contributed by atoms with E-state index < -0.39 is 5.97 Å². The third-order valence-corrected chi connectivity index (χ3v) is 3.97. The number of rotatable bonds is 4. The van der Waals surface area contributed by atoms with Crippen LogP contribution in [0, 0.1) is 6.92 Å². The fourth-order valence-electron chi connectivity index (χ4n) is 1.79. The Morgan fingerprint density at radius 1 is 1.40 bits per heavy atom. The lowest BCUT2D eigenvalue weighted by Gasteiger charge is -2.03. The summed E-state index contributed by atoms with van der Waals surface area (Å²) < 4.78 is 0. The number of carbonyl (C=O) groups excluding carboxylic acids is 1. The molecule has 0 fully saturated rings. The van der Waals surface area contributed by atoms with Crippen molar-refractivity contribution >= 4 is 29.0 Å². The molecule has 104 valence electrons. The first-order valence-electron chi connectivity index (χ1n) is 6.11. The number of aromatic nitrogens is 1. The van der Waals surface area contributed by atoms with E-state index in [0.717, 1.165) is 16.9 Å². The zero-order chi connectivity index (χ0) is 14.7. The molecule has 0 atom stereocenters. The minimum absolute atomic E-state index is 0.0897. The Bertz CT molecular complexity index is 664. The average Bonchev–Trinajstić information content (AvgIpc) is 2.80. The first kappa shape index (κ1) is 14.2. The van der Waals surface area contributed by atoms with E-state index in [-0.39, 0.29) is 17.3 Å². The number of nitrogens with zero attached hydrogens (tertiary/aromatic N) is 1. The fraction of sp³-hybridized carbons (Fsp3) is 0.214. The number of nitrogens with one attached hydrogen (secondary N) is 1. The van der Waals surface area contributed by atoms with Crippen LogP contribution in [0.25, 0.3) is 0 Å². The molecule has 0 radical (unpaired) electrons. The van der Waals surface area contributed by atoms with Crippen LogP contribution in [0.5, 0.6) is 0 Å². The van der Waals surface area contributed by atoms with Gasteiger partial charge in [0, 0.05) is 11.1 Å². The summed E-state index contributed by atoms with van der Waals surface area (Å²) >= 11 is 1.42. The van der Waals surface area contributed by atoms with Gasteiger partial charge in [-0.05, 0) is 37.1 Å². The van der Waals surface area contributed by atoms with Crippen molar-refractivity contribution in [1.29, 1.82) is 0 Å². The third-order valence-electron chi connectivity index (χ3n) is 2.87. The predicted octanol–water partition coefficient (Wildman–Crippen LogP) is 2.96. The van der Waals surface area contributed by atoms with Gasteiger partial charge in [-0.1, -0.05) is 6.92 Å². The molecule has 2 aromatic rings. The van der Waals surface area contributed by atoms with Crippen molar-refractivity contribution in [3.8, 4) is 0 Å². The topological polar surface area (TPSA) is 79.3 Å². The van der Waals surface area contributed by atoms with E-state index in [2.05, 4.69) is 10.3 Å². The highest BCUT2D eigenvalue weighted by molar-refractivity contribution is 7.14. The van der Waals surface area contributed by atoms with E-state index in [0.29, 0.717) is 4.88 Å². The first-order chi connectivity index (χ1) is 9.51. The van der Waals surface area contributed by atoms with Gasteiger partial charge in [0.05, 0.1) is 10.4 Å². The lowest BCUT2D eigenvalue weighted by atomic mass is 10.2. The molecule has 20 heavy (non-hydrogen) atoms. The molecule has 0 aliphatic rings. The number of aromatic carboxylic acids is 1. The molecule has 2 N–H and O–H groups in total. The Labute approximate surface area is 120 Å². The Kier molecular flexibility index (Phi) is 4.14. The second-order valence-corrected chi connectivity index (χ2v) is 5.49. The highest BCUT2D eigenvalue weighted by atomic mass is 32.1. The Morgan fingerprint density at radius 2 is 2.15 bits per heavy atom. The molecule has 0 aliphatic carbocycles. The summed E-state index contributed by atoms with van der Waals surface area (Å²) in [7, 11) is 0. The number of aryl methyl sites for hydroxylation is 2. The van der Waals surface area contributed by atoms with E-state index in [1.165, 1.54) is 29.7 Å². The Morgan fingerprint density at radius 3 is 2.75 bits per heavy atom. The van der Waals surface area contributed by atoms with Crippen LogP contribution in [-0.4, -0.2) is 22.0 Å². The number of carboxylic acids is 1. The summed E-state index contributed by atoms with van der Waals surface area (Å²) in [6.45, 7) is 4.01. The van der Waals surface area contributed by atoms with E-state index in [1.54, 1.807) is 0 Å². The van der Waals surface area contributed by atoms with Gasteiger partial charge >= 0.3 is 5.97 Å². The third kappa shape index (κ3) is 3.03. The maximum absolute atomic E-state index is 12.1. The van der Waals surface area contributed by atoms with Crippen molar-refractivity contribution in [1.82, 2.24) is 4.98 Å².